The Morgan fingerprint density at radius 2 is 1.29 bits per heavy atom. The Labute approximate surface area is 204 Å². The summed E-state index contributed by atoms with van der Waals surface area (Å²) >= 11 is 0. The summed E-state index contributed by atoms with van der Waals surface area (Å²) in [6.45, 7) is 7.40. The molecule has 0 unspecified atom stereocenters. The third-order valence-corrected chi connectivity index (χ3v) is 7.11. The van der Waals surface area contributed by atoms with Crippen molar-refractivity contribution in [2.45, 2.75) is 46.0 Å². The van der Waals surface area contributed by atoms with Crippen molar-refractivity contribution in [1.29, 1.82) is 0 Å². The van der Waals surface area contributed by atoms with E-state index in [1.807, 2.05) is 54.6 Å². The molecule has 5 aromatic rings. The fourth-order valence-electron chi connectivity index (χ4n) is 5.18. The van der Waals surface area contributed by atoms with Crippen molar-refractivity contribution in [2.24, 2.45) is 0 Å². The first kappa shape index (κ1) is 23.3. The zero-order valence-corrected chi connectivity index (χ0v) is 20.6. The molecular formula is C30H33N3O2. The van der Waals surface area contributed by atoms with Crippen molar-refractivity contribution in [3.05, 3.63) is 80.6 Å². The molecule has 0 fully saturated rings. The average molecular weight is 468 g/mol. The van der Waals surface area contributed by atoms with Gasteiger partial charge < -0.3 is 14.9 Å². The van der Waals surface area contributed by atoms with Crippen LogP contribution in [-0.4, -0.2) is 34.5 Å². The van der Waals surface area contributed by atoms with E-state index in [4.69, 9.17) is 0 Å². The number of hydrogen-bond acceptors (Lipinski definition) is 3. The topological polar surface area (TPSA) is 69.0 Å². The largest absolute Gasteiger partial charge is 0.354 e. The average Bonchev–Trinajstić information content (AvgIpc) is 2.88. The summed E-state index contributed by atoms with van der Waals surface area (Å²) in [5, 5.41) is 2.66. The molecule has 5 nitrogen and oxygen atoms in total. The van der Waals surface area contributed by atoms with Gasteiger partial charge in [-0.3, -0.25) is 9.59 Å². The minimum Gasteiger partial charge on any atom is -0.354 e. The molecule has 0 saturated heterocycles. The zero-order valence-electron chi connectivity index (χ0n) is 20.6. The molecule has 3 aromatic carbocycles. The summed E-state index contributed by atoms with van der Waals surface area (Å²) in [6.07, 6.45) is 5.34. The van der Waals surface area contributed by atoms with E-state index < -0.39 is 0 Å². The van der Waals surface area contributed by atoms with Gasteiger partial charge in [-0.15, -0.1) is 0 Å². The van der Waals surface area contributed by atoms with Gasteiger partial charge in [0.15, 0.2) is 10.9 Å². The van der Waals surface area contributed by atoms with E-state index in [0.717, 1.165) is 72.9 Å². The number of aromatic amines is 2. The smallest absolute Gasteiger partial charge is 0.197 e. The van der Waals surface area contributed by atoms with Crippen LogP contribution in [0.25, 0.3) is 43.6 Å². The highest BCUT2D eigenvalue weighted by Crippen LogP contribution is 2.27. The molecule has 35 heavy (non-hydrogen) atoms. The molecule has 0 aliphatic heterocycles. The van der Waals surface area contributed by atoms with Gasteiger partial charge in [0.1, 0.15) is 0 Å². The quantitative estimate of drug-likeness (QED) is 0.257. The first-order valence-corrected chi connectivity index (χ1v) is 12.9. The summed E-state index contributed by atoms with van der Waals surface area (Å²) in [6, 6.07) is 17.1. The molecule has 0 saturated carbocycles. The van der Waals surface area contributed by atoms with Gasteiger partial charge in [0.2, 0.25) is 0 Å². The molecule has 2 heterocycles. The maximum Gasteiger partial charge on any atom is 0.197 e. The van der Waals surface area contributed by atoms with Crippen molar-refractivity contribution in [1.82, 2.24) is 14.9 Å². The van der Waals surface area contributed by atoms with Crippen LogP contribution in [0.2, 0.25) is 0 Å². The monoisotopic (exact) mass is 467 g/mol. The van der Waals surface area contributed by atoms with Crippen molar-refractivity contribution in [3.63, 3.8) is 0 Å². The van der Waals surface area contributed by atoms with Gasteiger partial charge in [0.05, 0.1) is 16.4 Å². The molecule has 180 valence electrons. The minimum atomic E-state index is 0.000305. The molecule has 0 aliphatic carbocycles. The Bertz CT molecular complexity index is 1620. The second-order valence-electron chi connectivity index (χ2n) is 9.50. The molecule has 0 spiro atoms. The van der Waals surface area contributed by atoms with Crippen LogP contribution in [0.3, 0.4) is 0 Å². The predicted molar refractivity (Wildman–Crippen MR) is 148 cm³/mol. The summed E-state index contributed by atoms with van der Waals surface area (Å²) in [4.78, 5) is 36.8. The standard InChI is InChI=1S/C30H33N3O2/c1-3-5-16-33(17-6-4-2)18-15-22-27-26(31-24-13-9-8-12-21(24)30(27)35)19-23-28(22)32-25-14-10-7-11-20(25)29(23)34/h7-14,19H,3-6,15-18H2,1-2H3,(H,31,35)(H,32,34). The van der Waals surface area contributed by atoms with Crippen molar-refractivity contribution >= 4 is 43.6 Å². The van der Waals surface area contributed by atoms with Gasteiger partial charge in [-0.1, -0.05) is 51.0 Å². The molecule has 0 atom stereocenters. The number of rotatable bonds is 9. The van der Waals surface area contributed by atoms with Crippen LogP contribution in [0, 0.1) is 0 Å². The van der Waals surface area contributed by atoms with Crippen molar-refractivity contribution in [3.8, 4) is 0 Å². The van der Waals surface area contributed by atoms with Crippen LogP contribution >= 0.6 is 0 Å². The molecular weight excluding hydrogens is 434 g/mol. The summed E-state index contributed by atoms with van der Waals surface area (Å²) < 4.78 is 0. The highest BCUT2D eigenvalue weighted by Gasteiger charge is 2.18. The van der Waals surface area contributed by atoms with Gasteiger partial charge in [-0.2, -0.15) is 0 Å². The number of pyridine rings is 2. The van der Waals surface area contributed by atoms with Crippen LogP contribution in [0.15, 0.2) is 64.2 Å². The molecule has 2 aromatic heterocycles. The maximum atomic E-state index is 13.8. The molecule has 2 N–H and O–H groups in total. The third-order valence-electron chi connectivity index (χ3n) is 7.11. The van der Waals surface area contributed by atoms with E-state index in [2.05, 4.69) is 28.7 Å². The number of para-hydroxylation sites is 2. The summed E-state index contributed by atoms with van der Waals surface area (Å²) in [5.41, 5.74) is 4.06. The lowest BCUT2D eigenvalue weighted by Crippen LogP contribution is -2.29. The summed E-state index contributed by atoms with van der Waals surface area (Å²) in [7, 11) is 0. The Balaban J connectivity index is 1.76. The van der Waals surface area contributed by atoms with Gasteiger partial charge >= 0.3 is 0 Å². The Morgan fingerprint density at radius 3 is 1.94 bits per heavy atom. The number of aromatic nitrogens is 2. The molecule has 0 bridgehead atoms. The molecule has 5 heteroatoms. The van der Waals surface area contributed by atoms with Gasteiger partial charge in [0, 0.05) is 33.7 Å². The number of unbranched alkanes of at least 4 members (excludes halogenated alkanes) is 2. The highest BCUT2D eigenvalue weighted by molar-refractivity contribution is 6.05. The summed E-state index contributed by atoms with van der Waals surface area (Å²) in [5.74, 6) is 0. The zero-order chi connectivity index (χ0) is 24.4. The SMILES string of the molecule is CCCCN(CCCC)CCc1c2[nH]c3ccccc3c(=O)c2cc2[nH]c3ccccc3c(=O)c12. The fraction of sp³-hybridized carbons (Fsp3) is 0.333. The molecule has 0 aliphatic rings. The van der Waals surface area contributed by atoms with E-state index in [-0.39, 0.29) is 10.9 Å². The van der Waals surface area contributed by atoms with Crippen LogP contribution in [0.1, 0.15) is 45.1 Å². The van der Waals surface area contributed by atoms with E-state index in [0.29, 0.717) is 28.0 Å². The number of nitrogens with zero attached hydrogens (tertiary/aromatic N) is 1. The lowest BCUT2D eigenvalue weighted by Gasteiger charge is -2.23. The number of H-pyrrole nitrogens is 2. The lowest BCUT2D eigenvalue weighted by molar-refractivity contribution is 0.269. The van der Waals surface area contributed by atoms with Crippen LogP contribution in [-0.2, 0) is 6.42 Å². The van der Waals surface area contributed by atoms with Crippen LogP contribution < -0.4 is 10.9 Å². The Kier molecular flexibility index (Phi) is 6.69. The first-order valence-electron chi connectivity index (χ1n) is 12.9. The van der Waals surface area contributed by atoms with Crippen molar-refractivity contribution in [2.75, 3.05) is 19.6 Å². The van der Waals surface area contributed by atoms with E-state index in [9.17, 15) is 9.59 Å². The van der Waals surface area contributed by atoms with Crippen molar-refractivity contribution < 1.29 is 0 Å². The Morgan fingerprint density at radius 1 is 0.686 bits per heavy atom. The predicted octanol–water partition coefficient (Wildman–Crippen LogP) is 6.12. The van der Waals surface area contributed by atoms with E-state index in [1.165, 1.54) is 0 Å². The molecule has 5 rings (SSSR count). The van der Waals surface area contributed by atoms with Crippen LogP contribution in [0.4, 0.5) is 0 Å². The lowest BCUT2D eigenvalue weighted by atomic mass is 9.97. The molecule has 0 radical (unpaired) electrons. The van der Waals surface area contributed by atoms with Gasteiger partial charge in [-0.05, 0) is 68.2 Å². The molecule has 0 amide bonds. The number of fused-ring (bicyclic) bond motifs is 4. The van der Waals surface area contributed by atoms with Gasteiger partial charge in [-0.25, -0.2) is 0 Å². The minimum absolute atomic E-state index is 0.000305. The number of nitrogens with one attached hydrogen (secondary N) is 2. The first-order chi connectivity index (χ1) is 17.1. The van der Waals surface area contributed by atoms with E-state index >= 15 is 0 Å². The number of hydrogen-bond donors (Lipinski definition) is 2. The second kappa shape index (κ2) is 10.0. The normalized spacial score (nSPS) is 12.0. The highest BCUT2D eigenvalue weighted by atomic mass is 16.1. The fourth-order valence-corrected chi connectivity index (χ4v) is 5.18. The van der Waals surface area contributed by atoms with E-state index in [1.54, 1.807) is 0 Å². The van der Waals surface area contributed by atoms with Gasteiger partial charge in [0.25, 0.3) is 0 Å². The number of benzene rings is 3. The Hall–Kier alpha value is -3.44. The third kappa shape index (κ3) is 4.37. The van der Waals surface area contributed by atoms with Crippen LogP contribution in [0.5, 0.6) is 0 Å². The maximum absolute atomic E-state index is 13.8. The second-order valence-corrected chi connectivity index (χ2v) is 9.50.